The molecule has 0 saturated carbocycles. The first-order chi connectivity index (χ1) is 15.3. The summed E-state index contributed by atoms with van der Waals surface area (Å²) in [5.41, 5.74) is -0.763. The van der Waals surface area contributed by atoms with E-state index in [9.17, 15) is 22.0 Å². The van der Waals surface area contributed by atoms with Crippen molar-refractivity contribution in [1.29, 1.82) is 0 Å². The van der Waals surface area contributed by atoms with Crippen LogP contribution in [-0.2, 0) is 11.2 Å². The highest BCUT2D eigenvalue weighted by Crippen LogP contribution is 2.25. The van der Waals surface area contributed by atoms with Crippen LogP contribution in [0.3, 0.4) is 0 Å². The van der Waals surface area contributed by atoms with Gasteiger partial charge in [0.1, 0.15) is 0 Å². The van der Waals surface area contributed by atoms with E-state index in [0.717, 1.165) is 44.9 Å². The molecule has 32 heavy (non-hydrogen) atoms. The van der Waals surface area contributed by atoms with Gasteiger partial charge in [0, 0.05) is 5.56 Å². The highest BCUT2D eigenvalue weighted by Gasteiger charge is 2.25. The fraction of sp³-hybridized carbons (Fsp3) is 0.750. The van der Waals surface area contributed by atoms with E-state index in [1.54, 1.807) is 0 Å². The lowest BCUT2D eigenvalue weighted by Crippen LogP contribution is -2.21. The molecule has 0 radical (unpaired) electrons. The first kappa shape index (κ1) is 28.8. The largest absolute Gasteiger partial charge is 0.346 e. The van der Waals surface area contributed by atoms with Crippen molar-refractivity contribution in [3.05, 3.63) is 34.6 Å². The molecule has 1 aromatic rings. The zero-order valence-electron chi connectivity index (χ0n) is 19.0. The molecule has 0 aliphatic carbocycles. The average Bonchev–Trinajstić information content (AvgIpc) is 2.76. The molecule has 0 fully saturated rings. The number of ether oxygens (including phenoxy) is 1. The van der Waals surface area contributed by atoms with E-state index < -0.39 is 41.1 Å². The van der Waals surface area contributed by atoms with Gasteiger partial charge in [0.25, 0.3) is 6.48 Å². The predicted octanol–water partition coefficient (Wildman–Crippen LogP) is 7.06. The van der Waals surface area contributed by atoms with Crippen LogP contribution in [-0.4, -0.2) is 22.8 Å². The zero-order valence-corrected chi connectivity index (χ0v) is 19.0. The molecule has 0 aliphatic heterocycles. The van der Waals surface area contributed by atoms with Crippen molar-refractivity contribution in [2.75, 3.05) is 0 Å². The highest BCUT2D eigenvalue weighted by molar-refractivity contribution is 5.24. The van der Waals surface area contributed by atoms with E-state index in [0.29, 0.717) is 19.3 Å². The Bertz CT molecular complexity index is 626. The van der Waals surface area contributed by atoms with Crippen molar-refractivity contribution >= 4 is 0 Å². The molecule has 186 valence electrons. The summed E-state index contributed by atoms with van der Waals surface area (Å²) in [6.45, 7) is 0.376. The third kappa shape index (κ3) is 10.6. The Kier molecular flexibility index (Phi) is 14.7. The first-order valence-electron chi connectivity index (χ1n) is 11.8. The topological polar surface area (TPSA) is 49.7 Å². The molecule has 8 heteroatoms. The number of halogens is 5. The summed E-state index contributed by atoms with van der Waals surface area (Å²) < 4.78 is 72.0. The Labute approximate surface area is 188 Å². The molecule has 1 unspecified atom stereocenters. The van der Waals surface area contributed by atoms with E-state index in [-0.39, 0.29) is 12.5 Å². The number of aliphatic hydroxyl groups is 2. The van der Waals surface area contributed by atoms with E-state index in [2.05, 4.69) is 6.92 Å². The third-order valence-corrected chi connectivity index (χ3v) is 5.70. The predicted molar refractivity (Wildman–Crippen MR) is 113 cm³/mol. The van der Waals surface area contributed by atoms with E-state index in [1.807, 2.05) is 0 Å². The quantitative estimate of drug-likeness (QED) is 0.0797. The van der Waals surface area contributed by atoms with E-state index >= 15 is 0 Å². The second-order valence-electron chi connectivity index (χ2n) is 8.35. The number of hydrogen-bond acceptors (Lipinski definition) is 3. The number of benzene rings is 1. The highest BCUT2D eigenvalue weighted by atomic mass is 19.2. The van der Waals surface area contributed by atoms with Crippen LogP contribution in [0.1, 0.15) is 102 Å². The summed E-state index contributed by atoms with van der Waals surface area (Å²) in [7, 11) is 0. The van der Waals surface area contributed by atoms with E-state index in [4.69, 9.17) is 14.9 Å². The van der Waals surface area contributed by atoms with Crippen LogP contribution >= 0.6 is 0 Å². The van der Waals surface area contributed by atoms with Gasteiger partial charge in [0.15, 0.2) is 23.3 Å². The second kappa shape index (κ2) is 16.4. The Morgan fingerprint density at radius 2 is 1.00 bits per heavy atom. The lowest BCUT2D eigenvalue weighted by atomic mass is 10.0. The standard InChI is InChI=1S/C24H37F5O3/c1-2-3-4-5-6-8-11-14-17(32-24(30)31)15-12-9-7-10-13-16-18-19(25)21(27)23(29)22(28)20(18)26/h17,24,30-31H,2-16H2,1H3. The van der Waals surface area contributed by atoms with Crippen molar-refractivity contribution in [3.63, 3.8) is 0 Å². The van der Waals surface area contributed by atoms with Gasteiger partial charge in [-0.25, -0.2) is 22.0 Å². The SMILES string of the molecule is CCCCCCCCCC(CCCCCCCc1c(F)c(F)c(F)c(F)c1F)OC(O)O. The summed E-state index contributed by atoms with van der Waals surface area (Å²) in [6.07, 6.45) is 12.3. The minimum absolute atomic E-state index is 0.216. The van der Waals surface area contributed by atoms with Crippen LogP contribution in [0.5, 0.6) is 0 Å². The lowest BCUT2D eigenvalue weighted by Gasteiger charge is -2.19. The Balaban J connectivity index is 2.25. The zero-order chi connectivity index (χ0) is 23.9. The van der Waals surface area contributed by atoms with Crippen molar-refractivity contribution < 1.29 is 36.9 Å². The molecule has 3 nitrogen and oxygen atoms in total. The number of unbranched alkanes of at least 4 members (excludes halogenated alkanes) is 10. The van der Waals surface area contributed by atoms with Crippen LogP contribution in [0.2, 0.25) is 0 Å². The molecule has 1 rings (SSSR count). The van der Waals surface area contributed by atoms with Gasteiger partial charge < -0.3 is 14.9 Å². The fourth-order valence-electron chi connectivity index (χ4n) is 3.86. The van der Waals surface area contributed by atoms with Gasteiger partial charge in [0.2, 0.25) is 5.82 Å². The molecule has 0 aromatic heterocycles. The fourth-order valence-corrected chi connectivity index (χ4v) is 3.86. The number of aliphatic hydroxyl groups excluding tert-OH is 1. The molecule has 2 N–H and O–H groups in total. The molecule has 0 heterocycles. The molecule has 0 amide bonds. The average molecular weight is 469 g/mol. The van der Waals surface area contributed by atoms with Crippen LogP contribution < -0.4 is 0 Å². The summed E-state index contributed by atoms with van der Waals surface area (Å²) in [5.74, 6) is -9.46. The first-order valence-corrected chi connectivity index (χ1v) is 11.8. The summed E-state index contributed by atoms with van der Waals surface area (Å²) in [4.78, 5) is 0. The Morgan fingerprint density at radius 3 is 1.47 bits per heavy atom. The maximum absolute atomic E-state index is 13.7. The van der Waals surface area contributed by atoms with Crippen LogP contribution in [0.4, 0.5) is 22.0 Å². The molecule has 0 bridgehead atoms. The van der Waals surface area contributed by atoms with Gasteiger partial charge in [0.05, 0.1) is 6.10 Å². The lowest BCUT2D eigenvalue weighted by molar-refractivity contribution is -0.257. The molecule has 0 saturated heterocycles. The third-order valence-electron chi connectivity index (χ3n) is 5.70. The van der Waals surface area contributed by atoms with Gasteiger partial charge in [-0.3, -0.25) is 0 Å². The van der Waals surface area contributed by atoms with Crippen molar-refractivity contribution in [3.8, 4) is 0 Å². The maximum Gasteiger partial charge on any atom is 0.266 e. The van der Waals surface area contributed by atoms with Crippen molar-refractivity contribution in [2.45, 2.75) is 116 Å². The molecule has 0 aliphatic rings. The summed E-state index contributed by atoms with van der Waals surface area (Å²) in [6, 6.07) is 0. The van der Waals surface area contributed by atoms with Crippen LogP contribution in [0.25, 0.3) is 0 Å². The van der Waals surface area contributed by atoms with E-state index in [1.165, 1.54) is 25.7 Å². The second-order valence-corrected chi connectivity index (χ2v) is 8.35. The van der Waals surface area contributed by atoms with Crippen LogP contribution in [0.15, 0.2) is 0 Å². The molecule has 1 aromatic carbocycles. The van der Waals surface area contributed by atoms with Gasteiger partial charge in [-0.15, -0.1) is 0 Å². The molecular weight excluding hydrogens is 431 g/mol. The van der Waals surface area contributed by atoms with Crippen LogP contribution in [0, 0.1) is 29.1 Å². The minimum atomic E-state index is -2.13. The molecule has 1 atom stereocenters. The maximum atomic E-state index is 13.7. The number of hydrogen-bond donors (Lipinski definition) is 2. The molecular formula is C24H37F5O3. The summed E-state index contributed by atoms with van der Waals surface area (Å²) >= 11 is 0. The number of rotatable bonds is 18. The van der Waals surface area contributed by atoms with Gasteiger partial charge in [-0.2, -0.15) is 0 Å². The van der Waals surface area contributed by atoms with Crippen molar-refractivity contribution in [2.24, 2.45) is 0 Å². The normalized spacial score (nSPS) is 12.7. The minimum Gasteiger partial charge on any atom is -0.346 e. The smallest absolute Gasteiger partial charge is 0.266 e. The Hall–Kier alpha value is -1.25. The summed E-state index contributed by atoms with van der Waals surface area (Å²) in [5, 5.41) is 18.2. The van der Waals surface area contributed by atoms with Gasteiger partial charge in [-0.05, 0) is 25.7 Å². The molecule has 0 spiro atoms. The monoisotopic (exact) mass is 468 g/mol. The van der Waals surface area contributed by atoms with Gasteiger partial charge >= 0.3 is 0 Å². The van der Waals surface area contributed by atoms with Crippen molar-refractivity contribution in [1.82, 2.24) is 0 Å². The van der Waals surface area contributed by atoms with Gasteiger partial charge in [-0.1, -0.05) is 77.6 Å². The Morgan fingerprint density at radius 1 is 0.594 bits per heavy atom.